The zero-order valence-corrected chi connectivity index (χ0v) is 40.3. The number of hydrogen-bond donors (Lipinski definition) is 6. The SMILES string of the molecule is COC(=O)[C@@H](Cc1ccccc1)NC(=O)C[C@@H](NC(=O)[C@@H](Cc1ccccc1)NC(=O)C[C@@H](NC(=O)[C@@H](Cc1ccccc1)NC(=O)C[C@@H](NC(=O)OC(C)(C)C)C(C)C)C(C)C)C(C)C. The van der Waals surface area contributed by atoms with E-state index in [-0.39, 0.29) is 56.3 Å². The number of alkyl carbamates (subject to hydrolysis) is 1. The van der Waals surface area contributed by atoms with E-state index in [0.29, 0.717) is 0 Å². The van der Waals surface area contributed by atoms with Gasteiger partial charge >= 0.3 is 12.1 Å². The number of methoxy groups -OCH3 is 1. The van der Waals surface area contributed by atoms with Crippen LogP contribution in [0.5, 0.6) is 0 Å². The molecule has 0 spiro atoms. The Morgan fingerprint density at radius 2 is 0.758 bits per heavy atom. The summed E-state index contributed by atoms with van der Waals surface area (Å²) in [6.07, 6.45) is -0.569. The molecule has 0 unspecified atom stereocenters. The Kier molecular flexibility index (Phi) is 21.8. The van der Waals surface area contributed by atoms with Gasteiger partial charge in [-0.05, 0) is 55.2 Å². The van der Waals surface area contributed by atoms with Gasteiger partial charge in [-0.2, -0.15) is 0 Å². The number of ether oxygens (including phenoxy) is 2. The highest BCUT2D eigenvalue weighted by Gasteiger charge is 2.32. The molecule has 0 heterocycles. The molecule has 0 aliphatic carbocycles. The third-order valence-electron chi connectivity index (χ3n) is 11.0. The first-order valence-corrected chi connectivity index (χ1v) is 22.8. The van der Waals surface area contributed by atoms with Crippen molar-refractivity contribution >= 4 is 41.6 Å². The van der Waals surface area contributed by atoms with Crippen molar-refractivity contribution in [3.8, 4) is 0 Å². The molecular formula is C51H72N6O9. The molecule has 6 amide bonds. The summed E-state index contributed by atoms with van der Waals surface area (Å²) in [5, 5.41) is 17.3. The van der Waals surface area contributed by atoms with Gasteiger partial charge in [-0.25, -0.2) is 9.59 Å². The summed E-state index contributed by atoms with van der Waals surface area (Å²) in [7, 11) is 1.25. The third kappa shape index (κ3) is 19.9. The number of amides is 6. The van der Waals surface area contributed by atoms with Gasteiger partial charge in [0, 0.05) is 56.7 Å². The van der Waals surface area contributed by atoms with Crippen LogP contribution in [0, 0.1) is 17.8 Å². The van der Waals surface area contributed by atoms with E-state index in [1.54, 1.807) is 20.8 Å². The Balaban J connectivity index is 1.77. The molecule has 0 aromatic heterocycles. The molecule has 6 atom stereocenters. The largest absolute Gasteiger partial charge is 0.467 e. The average Bonchev–Trinajstić information content (AvgIpc) is 3.24. The van der Waals surface area contributed by atoms with Crippen LogP contribution >= 0.6 is 0 Å². The second-order valence-corrected chi connectivity index (χ2v) is 18.8. The van der Waals surface area contributed by atoms with Crippen molar-refractivity contribution in [3.63, 3.8) is 0 Å². The monoisotopic (exact) mass is 913 g/mol. The van der Waals surface area contributed by atoms with Gasteiger partial charge in [0.05, 0.1) is 7.11 Å². The van der Waals surface area contributed by atoms with E-state index in [1.807, 2.05) is 133 Å². The highest BCUT2D eigenvalue weighted by atomic mass is 16.6. The van der Waals surface area contributed by atoms with E-state index >= 15 is 0 Å². The molecule has 66 heavy (non-hydrogen) atoms. The van der Waals surface area contributed by atoms with E-state index in [0.717, 1.165) is 16.7 Å². The third-order valence-corrected chi connectivity index (χ3v) is 11.0. The summed E-state index contributed by atoms with van der Waals surface area (Å²) in [5.41, 5.74) is 1.69. The molecule has 0 aliphatic heterocycles. The van der Waals surface area contributed by atoms with Gasteiger partial charge in [-0.15, -0.1) is 0 Å². The molecule has 0 aliphatic rings. The van der Waals surface area contributed by atoms with Crippen molar-refractivity contribution in [2.75, 3.05) is 7.11 Å². The Labute approximate surface area is 390 Å². The minimum absolute atomic E-state index is 0.110. The fourth-order valence-electron chi connectivity index (χ4n) is 7.05. The van der Waals surface area contributed by atoms with Crippen molar-refractivity contribution in [3.05, 3.63) is 108 Å². The molecule has 0 saturated carbocycles. The maximum absolute atomic E-state index is 14.1. The second-order valence-electron chi connectivity index (χ2n) is 18.8. The van der Waals surface area contributed by atoms with Gasteiger partial charge in [0.1, 0.15) is 23.7 Å². The highest BCUT2D eigenvalue weighted by Crippen LogP contribution is 2.15. The zero-order valence-electron chi connectivity index (χ0n) is 40.3. The molecule has 3 aromatic rings. The lowest BCUT2D eigenvalue weighted by Crippen LogP contribution is -2.55. The Morgan fingerprint density at radius 3 is 1.06 bits per heavy atom. The van der Waals surface area contributed by atoms with Crippen LogP contribution in [0.2, 0.25) is 0 Å². The number of nitrogens with one attached hydrogen (secondary N) is 6. The first-order chi connectivity index (χ1) is 31.1. The molecule has 15 heteroatoms. The van der Waals surface area contributed by atoms with Crippen molar-refractivity contribution in [1.82, 2.24) is 31.9 Å². The molecule has 6 N–H and O–H groups in total. The average molecular weight is 913 g/mol. The lowest BCUT2D eigenvalue weighted by molar-refractivity contribution is -0.145. The Bertz CT molecular complexity index is 2020. The molecule has 0 fully saturated rings. The summed E-state index contributed by atoms with van der Waals surface area (Å²) in [6, 6.07) is 22.7. The van der Waals surface area contributed by atoms with Crippen LogP contribution in [0.1, 0.15) is 98.3 Å². The molecule has 360 valence electrons. The van der Waals surface area contributed by atoms with Crippen molar-refractivity contribution in [1.29, 1.82) is 0 Å². The number of rotatable bonds is 24. The van der Waals surface area contributed by atoms with E-state index in [1.165, 1.54) is 7.11 Å². The maximum Gasteiger partial charge on any atom is 0.407 e. The summed E-state index contributed by atoms with van der Waals surface area (Å²) >= 11 is 0. The summed E-state index contributed by atoms with van der Waals surface area (Å²) in [5.74, 6) is -3.60. The van der Waals surface area contributed by atoms with Crippen LogP contribution in [0.15, 0.2) is 91.0 Å². The van der Waals surface area contributed by atoms with Gasteiger partial charge in [-0.1, -0.05) is 133 Å². The van der Waals surface area contributed by atoms with E-state index in [2.05, 4.69) is 31.9 Å². The van der Waals surface area contributed by atoms with Crippen LogP contribution in [-0.2, 0) is 57.5 Å². The quantitative estimate of drug-likeness (QED) is 0.0640. The summed E-state index contributed by atoms with van der Waals surface area (Å²) in [4.78, 5) is 94.4. The molecule has 3 rings (SSSR count). The van der Waals surface area contributed by atoms with Crippen LogP contribution in [-0.4, -0.2) is 90.6 Å². The number of carbonyl (C=O) groups excluding carboxylic acids is 7. The van der Waals surface area contributed by atoms with Gasteiger partial charge in [-0.3, -0.25) is 24.0 Å². The number of esters is 1. The van der Waals surface area contributed by atoms with Gasteiger partial charge in [0.25, 0.3) is 0 Å². The fraction of sp³-hybridized carbons (Fsp3) is 0.510. The fourth-order valence-corrected chi connectivity index (χ4v) is 7.05. The van der Waals surface area contributed by atoms with E-state index in [4.69, 9.17) is 9.47 Å². The van der Waals surface area contributed by atoms with E-state index < -0.39 is 83.5 Å². The predicted molar refractivity (Wildman–Crippen MR) is 254 cm³/mol. The van der Waals surface area contributed by atoms with Crippen molar-refractivity contribution in [2.45, 2.75) is 143 Å². The highest BCUT2D eigenvalue weighted by molar-refractivity contribution is 5.91. The smallest absolute Gasteiger partial charge is 0.407 e. The first kappa shape index (κ1) is 54.1. The van der Waals surface area contributed by atoms with Gasteiger partial charge < -0.3 is 41.4 Å². The van der Waals surface area contributed by atoms with Crippen LogP contribution in [0.3, 0.4) is 0 Å². The van der Waals surface area contributed by atoms with Crippen LogP contribution in [0.4, 0.5) is 4.79 Å². The zero-order chi connectivity index (χ0) is 49.0. The van der Waals surface area contributed by atoms with Crippen LogP contribution in [0.25, 0.3) is 0 Å². The predicted octanol–water partition coefficient (Wildman–Crippen LogP) is 5.34. The lowest BCUT2D eigenvalue weighted by Gasteiger charge is -2.29. The number of hydrogen-bond acceptors (Lipinski definition) is 9. The molecule has 15 nitrogen and oxygen atoms in total. The van der Waals surface area contributed by atoms with Crippen molar-refractivity contribution in [2.24, 2.45) is 17.8 Å². The van der Waals surface area contributed by atoms with Crippen molar-refractivity contribution < 1.29 is 43.0 Å². The first-order valence-electron chi connectivity index (χ1n) is 22.8. The lowest BCUT2D eigenvalue weighted by atomic mass is 9.97. The molecule has 0 saturated heterocycles. The maximum atomic E-state index is 14.1. The standard InChI is InChI=1S/C51H72N6O9/c1-32(2)38(55-48(62)42(27-36-22-16-12-17-23-36)53-45(59)31-40(34(5)6)57-50(64)66-51(7,8)9)29-44(58)52-41(26-35-20-14-11-15-21-35)47(61)56-39(33(3)4)30-46(60)54-43(49(63)65-10)28-37-24-18-13-19-25-37/h11-25,32-34,38-43H,26-31H2,1-10H3,(H,52,58)(H,53,59)(H,54,60)(H,55,62)(H,56,61)(H,57,64)/t38-,39-,40-,41-,42-,43-/m1/s1. The Morgan fingerprint density at radius 1 is 0.455 bits per heavy atom. The van der Waals surface area contributed by atoms with Gasteiger partial charge in [0.2, 0.25) is 29.5 Å². The Hall–Kier alpha value is -6.25. The normalized spacial score (nSPS) is 14.1. The number of benzene rings is 3. The van der Waals surface area contributed by atoms with Gasteiger partial charge in [0.15, 0.2) is 0 Å². The number of carbonyl (C=O) groups is 7. The summed E-state index contributed by atoms with van der Waals surface area (Å²) in [6.45, 7) is 16.4. The molecular weight excluding hydrogens is 841 g/mol. The molecule has 0 bridgehead atoms. The molecule has 0 radical (unpaired) electrons. The minimum atomic E-state index is -1.05. The minimum Gasteiger partial charge on any atom is -0.467 e. The summed E-state index contributed by atoms with van der Waals surface area (Å²) < 4.78 is 10.4. The topological polar surface area (TPSA) is 210 Å². The molecule has 3 aromatic carbocycles. The van der Waals surface area contributed by atoms with Crippen LogP contribution < -0.4 is 31.9 Å². The van der Waals surface area contributed by atoms with E-state index in [9.17, 15) is 33.6 Å². The second kappa shape index (κ2) is 26.6.